The average Bonchev–Trinajstić information content (AvgIpc) is 2.67. The Labute approximate surface area is 170 Å². The fraction of sp³-hybridized carbons (Fsp3) is 0.391. The standard InChI is InChI=1S/C23H26FN3O2/c1-23(2,11-12-25)29-19-9-7-18(8-10-19)27-21(28)13-16-4-3-15-5-6-17(24)14-20(15)22(16)26-27/h5-10,14,16H,3-4,11-13,25H2,1-2H3. The Bertz CT molecular complexity index is 953. The summed E-state index contributed by atoms with van der Waals surface area (Å²) in [6.07, 6.45) is 2.83. The summed E-state index contributed by atoms with van der Waals surface area (Å²) in [6.45, 7) is 4.54. The van der Waals surface area contributed by atoms with Gasteiger partial charge in [-0.05, 0) is 81.6 Å². The number of carbonyl (C=O) groups excluding carboxylic acids is 1. The number of amides is 1. The maximum Gasteiger partial charge on any atom is 0.248 e. The first-order valence-corrected chi connectivity index (χ1v) is 10.1. The zero-order valence-electron chi connectivity index (χ0n) is 16.8. The van der Waals surface area contributed by atoms with Crippen molar-refractivity contribution in [1.82, 2.24) is 0 Å². The molecule has 1 atom stereocenters. The van der Waals surface area contributed by atoms with E-state index in [0.29, 0.717) is 24.4 Å². The molecule has 0 aromatic heterocycles. The van der Waals surface area contributed by atoms with Crippen LogP contribution in [0.5, 0.6) is 5.75 Å². The number of ether oxygens (including phenoxy) is 1. The Hall–Kier alpha value is -2.73. The number of hydrogen-bond acceptors (Lipinski definition) is 4. The topological polar surface area (TPSA) is 67.9 Å². The fourth-order valence-electron chi connectivity index (χ4n) is 4.06. The number of nitrogens with zero attached hydrogens (tertiary/aromatic N) is 2. The van der Waals surface area contributed by atoms with Crippen molar-refractivity contribution in [3.63, 3.8) is 0 Å². The first-order valence-electron chi connectivity index (χ1n) is 10.1. The number of hydrogen-bond donors (Lipinski definition) is 1. The lowest BCUT2D eigenvalue weighted by molar-refractivity contribution is -0.119. The zero-order chi connectivity index (χ0) is 20.6. The van der Waals surface area contributed by atoms with E-state index < -0.39 is 0 Å². The number of hydrazone groups is 1. The van der Waals surface area contributed by atoms with Gasteiger partial charge < -0.3 is 10.5 Å². The lowest BCUT2D eigenvalue weighted by Crippen LogP contribution is -2.39. The second kappa shape index (κ2) is 7.59. The number of aryl methyl sites for hydroxylation is 1. The lowest BCUT2D eigenvalue weighted by atomic mass is 9.79. The largest absolute Gasteiger partial charge is 0.488 e. The molecular formula is C23H26FN3O2. The second-order valence-electron chi connectivity index (χ2n) is 8.33. The van der Waals surface area contributed by atoms with Gasteiger partial charge in [0.05, 0.1) is 11.4 Å². The number of rotatable bonds is 5. The van der Waals surface area contributed by atoms with Gasteiger partial charge in [0.1, 0.15) is 17.2 Å². The van der Waals surface area contributed by atoms with Gasteiger partial charge in [0.25, 0.3) is 0 Å². The number of nitrogens with two attached hydrogens (primary N) is 1. The van der Waals surface area contributed by atoms with Crippen LogP contribution in [0.1, 0.15) is 44.2 Å². The molecule has 5 nitrogen and oxygen atoms in total. The first-order chi connectivity index (χ1) is 13.9. The van der Waals surface area contributed by atoms with Crippen molar-refractivity contribution in [2.24, 2.45) is 16.8 Å². The second-order valence-corrected chi connectivity index (χ2v) is 8.33. The van der Waals surface area contributed by atoms with Crippen molar-refractivity contribution in [3.05, 3.63) is 59.4 Å². The number of halogens is 1. The van der Waals surface area contributed by atoms with Crippen LogP contribution in [-0.4, -0.2) is 23.8 Å². The summed E-state index contributed by atoms with van der Waals surface area (Å²) in [5, 5.41) is 6.08. The molecule has 0 fully saturated rings. The molecule has 0 spiro atoms. The van der Waals surface area contributed by atoms with E-state index in [1.807, 2.05) is 44.2 Å². The highest BCUT2D eigenvalue weighted by Gasteiger charge is 2.34. The SMILES string of the molecule is CC(C)(CCN)Oc1ccc(N2N=C3c4cc(F)ccc4CCC3CC2=O)cc1. The Morgan fingerprint density at radius 1 is 1.24 bits per heavy atom. The molecule has 6 heteroatoms. The summed E-state index contributed by atoms with van der Waals surface area (Å²) in [5.41, 5.74) is 8.66. The highest BCUT2D eigenvalue weighted by molar-refractivity contribution is 6.11. The van der Waals surface area contributed by atoms with Crippen molar-refractivity contribution in [3.8, 4) is 5.75 Å². The number of carbonyl (C=O) groups is 1. The van der Waals surface area contributed by atoms with Crippen molar-refractivity contribution in [2.45, 2.75) is 45.1 Å². The van der Waals surface area contributed by atoms with Gasteiger partial charge in [-0.1, -0.05) is 6.07 Å². The highest BCUT2D eigenvalue weighted by atomic mass is 19.1. The molecule has 0 bridgehead atoms. The van der Waals surface area contributed by atoms with Gasteiger partial charge in [-0.3, -0.25) is 4.79 Å². The van der Waals surface area contributed by atoms with Gasteiger partial charge in [0, 0.05) is 17.9 Å². The summed E-state index contributed by atoms with van der Waals surface area (Å²) in [5.74, 6) is 0.438. The van der Waals surface area contributed by atoms with Crippen LogP contribution in [0.4, 0.5) is 10.1 Å². The molecule has 1 heterocycles. The summed E-state index contributed by atoms with van der Waals surface area (Å²) in [4.78, 5) is 12.7. The predicted octanol–water partition coefficient (Wildman–Crippen LogP) is 4.04. The van der Waals surface area contributed by atoms with Crippen LogP contribution < -0.4 is 15.5 Å². The number of fused-ring (bicyclic) bond motifs is 3. The van der Waals surface area contributed by atoms with Gasteiger partial charge in [-0.25, -0.2) is 9.40 Å². The molecule has 1 aliphatic carbocycles. The summed E-state index contributed by atoms with van der Waals surface area (Å²) < 4.78 is 19.8. The molecular weight excluding hydrogens is 369 g/mol. The molecule has 152 valence electrons. The lowest BCUT2D eigenvalue weighted by Gasteiger charge is -2.33. The Kier molecular flexibility index (Phi) is 5.13. The predicted molar refractivity (Wildman–Crippen MR) is 112 cm³/mol. The Morgan fingerprint density at radius 3 is 2.72 bits per heavy atom. The zero-order valence-corrected chi connectivity index (χ0v) is 16.8. The number of anilines is 1. The Morgan fingerprint density at radius 2 is 2.00 bits per heavy atom. The van der Waals surface area contributed by atoms with E-state index in [1.54, 1.807) is 0 Å². The summed E-state index contributed by atoms with van der Waals surface area (Å²) >= 11 is 0. The molecule has 0 saturated heterocycles. The number of benzene rings is 2. The van der Waals surface area contributed by atoms with E-state index in [-0.39, 0.29) is 23.2 Å². The normalized spacial score (nSPS) is 18.8. The van der Waals surface area contributed by atoms with Gasteiger partial charge in [-0.15, -0.1) is 0 Å². The summed E-state index contributed by atoms with van der Waals surface area (Å²) in [6, 6.07) is 12.2. The van der Waals surface area contributed by atoms with Crippen LogP contribution >= 0.6 is 0 Å². The molecule has 1 aliphatic heterocycles. The van der Waals surface area contributed by atoms with Gasteiger partial charge in [0.2, 0.25) is 5.91 Å². The molecule has 2 N–H and O–H groups in total. The van der Waals surface area contributed by atoms with Crippen LogP contribution in [0.25, 0.3) is 0 Å². The van der Waals surface area contributed by atoms with Crippen LogP contribution in [0.2, 0.25) is 0 Å². The Balaban J connectivity index is 1.62. The van der Waals surface area contributed by atoms with Crippen LogP contribution in [0.3, 0.4) is 0 Å². The average molecular weight is 395 g/mol. The minimum atomic E-state index is -0.361. The van der Waals surface area contributed by atoms with Crippen molar-refractivity contribution < 1.29 is 13.9 Å². The molecule has 0 radical (unpaired) electrons. The van der Waals surface area contributed by atoms with Gasteiger partial charge >= 0.3 is 0 Å². The van der Waals surface area contributed by atoms with E-state index in [1.165, 1.54) is 17.1 Å². The van der Waals surface area contributed by atoms with E-state index in [9.17, 15) is 9.18 Å². The molecule has 4 rings (SSSR count). The third-order valence-electron chi connectivity index (χ3n) is 5.58. The monoisotopic (exact) mass is 395 g/mol. The molecule has 1 amide bonds. The van der Waals surface area contributed by atoms with E-state index in [2.05, 4.69) is 5.10 Å². The molecule has 0 saturated carbocycles. The smallest absolute Gasteiger partial charge is 0.248 e. The quantitative estimate of drug-likeness (QED) is 0.831. The van der Waals surface area contributed by atoms with E-state index >= 15 is 0 Å². The third-order valence-corrected chi connectivity index (χ3v) is 5.58. The van der Waals surface area contributed by atoms with Gasteiger partial charge in [0.15, 0.2) is 0 Å². The van der Waals surface area contributed by atoms with Crippen LogP contribution in [0.15, 0.2) is 47.6 Å². The molecule has 2 aromatic carbocycles. The van der Waals surface area contributed by atoms with E-state index in [0.717, 1.165) is 36.1 Å². The molecule has 2 aromatic rings. The van der Waals surface area contributed by atoms with Crippen molar-refractivity contribution >= 4 is 17.3 Å². The van der Waals surface area contributed by atoms with Crippen LogP contribution in [-0.2, 0) is 11.2 Å². The van der Waals surface area contributed by atoms with Crippen molar-refractivity contribution in [2.75, 3.05) is 11.6 Å². The van der Waals surface area contributed by atoms with Crippen molar-refractivity contribution in [1.29, 1.82) is 0 Å². The minimum Gasteiger partial charge on any atom is -0.488 e. The maximum absolute atomic E-state index is 13.8. The van der Waals surface area contributed by atoms with Crippen LogP contribution in [0, 0.1) is 11.7 Å². The first kappa shape index (κ1) is 19.6. The van der Waals surface area contributed by atoms with E-state index in [4.69, 9.17) is 10.5 Å². The fourth-order valence-corrected chi connectivity index (χ4v) is 4.06. The third kappa shape index (κ3) is 4.03. The molecule has 2 aliphatic rings. The maximum atomic E-state index is 13.8. The molecule has 1 unspecified atom stereocenters. The highest BCUT2D eigenvalue weighted by Crippen LogP contribution is 2.34. The minimum absolute atomic E-state index is 0.0456. The summed E-state index contributed by atoms with van der Waals surface area (Å²) in [7, 11) is 0. The molecule has 29 heavy (non-hydrogen) atoms. The van der Waals surface area contributed by atoms with Gasteiger partial charge in [-0.2, -0.15) is 5.10 Å².